The van der Waals surface area contributed by atoms with Crippen molar-refractivity contribution in [3.8, 4) is 0 Å². The zero-order valence-electron chi connectivity index (χ0n) is 12.6. The Morgan fingerprint density at radius 3 is 2.68 bits per heavy atom. The molecule has 1 aliphatic heterocycles. The third-order valence-corrected chi connectivity index (χ3v) is 6.19. The molecule has 0 bridgehead atoms. The molecule has 0 spiro atoms. The number of anilines is 1. The molecule has 1 amide bonds. The molecule has 0 radical (unpaired) electrons. The van der Waals surface area contributed by atoms with Gasteiger partial charge in [-0.25, -0.2) is 8.42 Å². The molecule has 0 saturated heterocycles. The van der Waals surface area contributed by atoms with Crippen molar-refractivity contribution in [1.82, 2.24) is 4.90 Å². The van der Waals surface area contributed by atoms with Crippen molar-refractivity contribution in [2.24, 2.45) is 5.92 Å². The topological polar surface area (TPSA) is 66.5 Å². The largest absolute Gasteiger partial charge is 0.331 e. The van der Waals surface area contributed by atoms with E-state index in [4.69, 9.17) is 0 Å². The van der Waals surface area contributed by atoms with E-state index < -0.39 is 10.0 Å². The molecule has 7 heteroatoms. The zero-order valence-corrected chi connectivity index (χ0v) is 15.0. The van der Waals surface area contributed by atoms with Gasteiger partial charge >= 0.3 is 0 Å². The summed E-state index contributed by atoms with van der Waals surface area (Å²) >= 11 is 3.40. The van der Waals surface area contributed by atoms with E-state index in [2.05, 4.69) is 27.6 Å². The summed E-state index contributed by atoms with van der Waals surface area (Å²) in [5.41, 5.74) is 1.75. The van der Waals surface area contributed by atoms with Gasteiger partial charge in [0.1, 0.15) is 0 Å². The predicted octanol–water partition coefficient (Wildman–Crippen LogP) is 2.97. The first-order chi connectivity index (χ1) is 10.3. The number of nitrogens with one attached hydrogen (secondary N) is 1. The second kappa shape index (κ2) is 5.53. The molecular formula is C15H19BrN2O3S. The normalized spacial score (nSPS) is 19.2. The van der Waals surface area contributed by atoms with E-state index in [1.54, 1.807) is 13.0 Å². The van der Waals surface area contributed by atoms with Gasteiger partial charge in [0.25, 0.3) is 5.91 Å². The molecule has 1 aromatic rings. The molecule has 5 nitrogen and oxygen atoms in total. The number of sulfonamides is 1. The first-order valence-electron chi connectivity index (χ1n) is 7.46. The minimum Gasteiger partial charge on any atom is -0.331 e. The van der Waals surface area contributed by atoms with Crippen LogP contribution in [0.1, 0.15) is 42.6 Å². The van der Waals surface area contributed by atoms with Gasteiger partial charge in [-0.3, -0.25) is 9.52 Å². The van der Waals surface area contributed by atoms with E-state index in [1.165, 1.54) is 12.8 Å². The maximum absolute atomic E-state index is 12.8. The Hall–Kier alpha value is -1.08. The summed E-state index contributed by atoms with van der Waals surface area (Å²) in [4.78, 5) is 14.6. The van der Waals surface area contributed by atoms with E-state index in [-0.39, 0.29) is 17.7 Å². The van der Waals surface area contributed by atoms with Crippen molar-refractivity contribution in [1.29, 1.82) is 0 Å². The van der Waals surface area contributed by atoms with Crippen molar-refractivity contribution >= 4 is 37.5 Å². The van der Waals surface area contributed by atoms with Crippen LogP contribution in [0, 0.1) is 5.92 Å². The van der Waals surface area contributed by atoms with Crippen LogP contribution in [-0.4, -0.2) is 31.0 Å². The molecule has 120 valence electrons. The van der Waals surface area contributed by atoms with Crippen molar-refractivity contribution < 1.29 is 13.2 Å². The lowest BCUT2D eigenvalue weighted by Crippen LogP contribution is -2.35. The molecule has 2 aliphatic rings. The Balaban J connectivity index is 1.98. The summed E-state index contributed by atoms with van der Waals surface area (Å²) in [5, 5.41) is 0. The van der Waals surface area contributed by atoms with E-state index in [0.29, 0.717) is 23.7 Å². The fraction of sp³-hybridized carbons (Fsp3) is 0.533. The molecule has 22 heavy (non-hydrogen) atoms. The number of fused-ring (bicyclic) bond motifs is 1. The van der Waals surface area contributed by atoms with Crippen LogP contribution in [0.4, 0.5) is 5.69 Å². The summed E-state index contributed by atoms with van der Waals surface area (Å²) < 4.78 is 27.0. The van der Waals surface area contributed by atoms with Crippen molar-refractivity contribution in [2.45, 2.75) is 39.3 Å². The number of carbonyl (C=O) groups excluding carboxylic acids is 1. The molecule has 1 aromatic carbocycles. The van der Waals surface area contributed by atoms with Crippen LogP contribution in [0.3, 0.4) is 0 Å². The summed E-state index contributed by atoms with van der Waals surface area (Å²) in [6.07, 6.45) is 2.33. The molecule has 0 unspecified atom stereocenters. The second-order valence-corrected chi connectivity index (χ2v) is 8.93. The molecule has 1 aliphatic carbocycles. The minimum atomic E-state index is -3.42. The van der Waals surface area contributed by atoms with Crippen molar-refractivity contribution in [3.05, 3.63) is 27.7 Å². The molecule has 0 aromatic heterocycles. The summed E-state index contributed by atoms with van der Waals surface area (Å²) in [6.45, 7) is 4.20. The number of hydrogen-bond donors (Lipinski definition) is 1. The second-order valence-electron chi connectivity index (χ2n) is 6.00. The van der Waals surface area contributed by atoms with Gasteiger partial charge in [0.05, 0.1) is 17.0 Å². The van der Waals surface area contributed by atoms with Gasteiger partial charge in [0, 0.05) is 17.1 Å². The molecule has 1 N–H and O–H groups in total. The summed E-state index contributed by atoms with van der Waals surface area (Å²) in [5.74, 6) is 0.484. The van der Waals surface area contributed by atoms with Crippen LogP contribution in [0.5, 0.6) is 0 Å². The third-order valence-electron chi connectivity index (χ3n) is 4.44. The maximum atomic E-state index is 12.8. The standard InChI is InChI=1S/C15H19BrN2O3S/c1-3-22(20,21)17-13-7-12(16)6-11-8-18(15(19)14(11)13)9(2)10-4-5-10/h6-7,9-10,17H,3-5,8H2,1-2H3/t9-/m0/s1. The highest BCUT2D eigenvalue weighted by Gasteiger charge is 2.39. The van der Waals surface area contributed by atoms with Gasteiger partial charge in [0.15, 0.2) is 0 Å². The first kappa shape index (κ1) is 15.8. The van der Waals surface area contributed by atoms with E-state index in [1.807, 2.05) is 11.0 Å². The highest BCUT2D eigenvalue weighted by atomic mass is 79.9. The van der Waals surface area contributed by atoms with E-state index >= 15 is 0 Å². The van der Waals surface area contributed by atoms with Crippen LogP contribution in [0.15, 0.2) is 16.6 Å². The average molecular weight is 387 g/mol. The summed E-state index contributed by atoms with van der Waals surface area (Å²) in [6, 6.07) is 3.76. The number of hydrogen-bond acceptors (Lipinski definition) is 3. The molecule has 3 rings (SSSR count). The fourth-order valence-corrected chi connectivity index (χ4v) is 4.07. The highest BCUT2D eigenvalue weighted by molar-refractivity contribution is 9.10. The molecular weight excluding hydrogens is 368 g/mol. The number of nitrogens with zero attached hydrogens (tertiary/aromatic N) is 1. The lowest BCUT2D eigenvalue weighted by Gasteiger charge is -2.24. The number of halogens is 1. The zero-order chi connectivity index (χ0) is 16.1. The van der Waals surface area contributed by atoms with Gasteiger partial charge in [-0.15, -0.1) is 0 Å². The average Bonchev–Trinajstić information content (AvgIpc) is 3.22. The van der Waals surface area contributed by atoms with Crippen LogP contribution < -0.4 is 4.72 Å². The molecule has 1 heterocycles. The Kier molecular flexibility index (Phi) is 3.97. The van der Waals surface area contributed by atoms with Gasteiger partial charge in [-0.2, -0.15) is 0 Å². The SMILES string of the molecule is CCS(=O)(=O)Nc1cc(Br)cc2c1C(=O)N([C@@H](C)C1CC1)C2. The maximum Gasteiger partial charge on any atom is 0.256 e. The van der Waals surface area contributed by atoms with Crippen LogP contribution in [0.2, 0.25) is 0 Å². The Morgan fingerprint density at radius 2 is 2.09 bits per heavy atom. The monoisotopic (exact) mass is 386 g/mol. The Morgan fingerprint density at radius 1 is 1.41 bits per heavy atom. The fourth-order valence-electron chi connectivity index (χ4n) is 2.92. The molecule has 1 fully saturated rings. The van der Waals surface area contributed by atoms with Crippen molar-refractivity contribution in [2.75, 3.05) is 10.5 Å². The van der Waals surface area contributed by atoms with Gasteiger partial charge < -0.3 is 4.90 Å². The third kappa shape index (κ3) is 2.88. The van der Waals surface area contributed by atoms with Gasteiger partial charge in [-0.1, -0.05) is 15.9 Å². The minimum absolute atomic E-state index is 0.0231. The van der Waals surface area contributed by atoms with Gasteiger partial charge in [0.2, 0.25) is 10.0 Å². The van der Waals surface area contributed by atoms with Crippen LogP contribution in [-0.2, 0) is 16.6 Å². The summed E-state index contributed by atoms with van der Waals surface area (Å²) in [7, 11) is -3.42. The van der Waals surface area contributed by atoms with Crippen LogP contribution >= 0.6 is 15.9 Å². The van der Waals surface area contributed by atoms with E-state index in [0.717, 1.165) is 10.0 Å². The lowest BCUT2D eigenvalue weighted by atomic mass is 10.1. The lowest BCUT2D eigenvalue weighted by molar-refractivity contribution is 0.0698. The molecule has 1 atom stereocenters. The first-order valence-corrected chi connectivity index (χ1v) is 9.91. The number of carbonyl (C=O) groups is 1. The number of amides is 1. The Bertz CT molecular complexity index is 729. The van der Waals surface area contributed by atoms with E-state index in [9.17, 15) is 13.2 Å². The van der Waals surface area contributed by atoms with Gasteiger partial charge in [-0.05, 0) is 50.3 Å². The highest BCUT2D eigenvalue weighted by Crippen LogP contribution is 2.40. The number of benzene rings is 1. The smallest absolute Gasteiger partial charge is 0.256 e. The van der Waals surface area contributed by atoms with Crippen LogP contribution in [0.25, 0.3) is 0 Å². The number of rotatable bonds is 5. The Labute approximate surface area is 139 Å². The molecule has 1 saturated carbocycles. The van der Waals surface area contributed by atoms with Crippen molar-refractivity contribution in [3.63, 3.8) is 0 Å². The predicted molar refractivity (Wildman–Crippen MR) is 89.3 cm³/mol. The quantitative estimate of drug-likeness (QED) is 0.845.